The van der Waals surface area contributed by atoms with Gasteiger partial charge in [-0.25, -0.2) is 0 Å². The molecule has 0 bridgehead atoms. The molecule has 3 nitrogen and oxygen atoms in total. The van der Waals surface area contributed by atoms with E-state index < -0.39 is 0 Å². The maximum atomic E-state index is 6.00. The Bertz CT molecular complexity index is 571. The Morgan fingerprint density at radius 1 is 1.24 bits per heavy atom. The molecular weight excluding hydrogens is 306 g/mol. The molecule has 1 N–H and O–H groups in total. The highest BCUT2D eigenvalue weighted by Gasteiger charge is 2.08. The molecule has 21 heavy (non-hydrogen) atoms. The monoisotopic (exact) mass is 325 g/mol. The highest BCUT2D eigenvalue weighted by molar-refractivity contribution is 7.16. The van der Waals surface area contributed by atoms with Crippen molar-refractivity contribution in [3.8, 4) is 5.75 Å². The molecule has 0 unspecified atom stereocenters. The summed E-state index contributed by atoms with van der Waals surface area (Å²) in [5.74, 6) is 0.951. The van der Waals surface area contributed by atoms with E-state index in [1.807, 2.05) is 12.1 Å². The summed E-state index contributed by atoms with van der Waals surface area (Å²) in [6.45, 7) is 4.91. The zero-order chi connectivity index (χ0) is 15.1. The molecule has 0 fully saturated rings. The van der Waals surface area contributed by atoms with E-state index in [0.29, 0.717) is 13.2 Å². The molecule has 1 aromatic carbocycles. The third-order valence-corrected chi connectivity index (χ3v) is 4.28. The molecule has 0 aliphatic rings. The lowest BCUT2D eigenvalue weighted by Crippen LogP contribution is -2.19. The topological polar surface area (TPSA) is 30.5 Å². The predicted octanol–water partition coefficient (Wildman–Crippen LogP) is 4.02. The Morgan fingerprint density at radius 2 is 2.10 bits per heavy atom. The largest absolute Gasteiger partial charge is 0.487 e. The first-order valence-corrected chi connectivity index (χ1v) is 8.05. The Balaban J connectivity index is 1.99. The first-order valence-electron chi connectivity index (χ1n) is 6.86. The highest BCUT2D eigenvalue weighted by atomic mass is 35.5. The lowest BCUT2D eigenvalue weighted by atomic mass is 10.1. The molecule has 0 aliphatic heterocycles. The molecular formula is C16H20ClNO2S. The number of thiophene rings is 1. The lowest BCUT2D eigenvalue weighted by Gasteiger charge is -2.14. The van der Waals surface area contributed by atoms with E-state index in [4.69, 9.17) is 21.1 Å². The second-order valence-corrected chi connectivity index (χ2v) is 6.53. The van der Waals surface area contributed by atoms with Gasteiger partial charge in [0, 0.05) is 30.6 Å². The molecule has 0 atom stereocenters. The van der Waals surface area contributed by atoms with Gasteiger partial charge in [-0.3, -0.25) is 0 Å². The molecule has 1 heterocycles. The second kappa shape index (κ2) is 8.39. The van der Waals surface area contributed by atoms with E-state index in [-0.39, 0.29) is 0 Å². The Morgan fingerprint density at radius 3 is 2.81 bits per heavy atom. The molecule has 0 aliphatic carbocycles. The normalized spacial score (nSPS) is 10.8. The standard InChI is InChI=1S/C16H20ClNO2S/c1-12-4-3-5-13(10-18-8-9-19-2)16(12)20-11-14-6-7-15(17)21-14/h3-7,18H,8-11H2,1-2H3. The zero-order valence-electron chi connectivity index (χ0n) is 12.3. The average Bonchev–Trinajstić information content (AvgIpc) is 2.88. The third-order valence-electron chi connectivity index (χ3n) is 3.08. The van der Waals surface area contributed by atoms with Gasteiger partial charge >= 0.3 is 0 Å². The molecule has 0 spiro atoms. The highest BCUT2D eigenvalue weighted by Crippen LogP contribution is 2.27. The van der Waals surface area contributed by atoms with Crippen molar-refractivity contribution in [3.05, 3.63) is 50.7 Å². The van der Waals surface area contributed by atoms with Crippen LogP contribution in [0.1, 0.15) is 16.0 Å². The van der Waals surface area contributed by atoms with Crippen molar-refractivity contribution < 1.29 is 9.47 Å². The van der Waals surface area contributed by atoms with Gasteiger partial charge in [-0.15, -0.1) is 11.3 Å². The Hall–Kier alpha value is -1.07. The SMILES string of the molecule is COCCNCc1cccc(C)c1OCc1ccc(Cl)s1. The average molecular weight is 326 g/mol. The van der Waals surface area contributed by atoms with Crippen molar-refractivity contribution in [2.24, 2.45) is 0 Å². The number of hydrogen-bond donors (Lipinski definition) is 1. The number of halogens is 1. The molecule has 114 valence electrons. The number of hydrogen-bond acceptors (Lipinski definition) is 4. The van der Waals surface area contributed by atoms with Gasteiger partial charge in [0.2, 0.25) is 0 Å². The van der Waals surface area contributed by atoms with Gasteiger partial charge in [0.05, 0.1) is 10.9 Å². The van der Waals surface area contributed by atoms with Crippen molar-refractivity contribution in [3.63, 3.8) is 0 Å². The van der Waals surface area contributed by atoms with E-state index in [1.165, 1.54) is 0 Å². The Labute approximate surface area is 134 Å². The van der Waals surface area contributed by atoms with Crippen LogP contribution >= 0.6 is 22.9 Å². The summed E-state index contributed by atoms with van der Waals surface area (Å²) in [6, 6.07) is 10.1. The van der Waals surface area contributed by atoms with E-state index in [1.54, 1.807) is 18.4 Å². The summed E-state index contributed by atoms with van der Waals surface area (Å²) in [5, 5.41) is 3.35. The van der Waals surface area contributed by atoms with Crippen LogP contribution in [0, 0.1) is 6.92 Å². The fourth-order valence-corrected chi connectivity index (χ4v) is 3.03. The first kappa shape index (κ1) is 16.3. The van der Waals surface area contributed by atoms with Crippen LogP contribution < -0.4 is 10.1 Å². The van der Waals surface area contributed by atoms with Gasteiger partial charge in [0.15, 0.2) is 0 Å². The number of para-hydroxylation sites is 1. The molecule has 1 aromatic heterocycles. The predicted molar refractivity (Wildman–Crippen MR) is 88.4 cm³/mol. The Kier molecular flexibility index (Phi) is 6.51. The maximum Gasteiger partial charge on any atom is 0.127 e. The van der Waals surface area contributed by atoms with E-state index >= 15 is 0 Å². The van der Waals surface area contributed by atoms with Crippen LogP contribution in [0.5, 0.6) is 5.75 Å². The van der Waals surface area contributed by atoms with Gasteiger partial charge in [-0.05, 0) is 24.6 Å². The summed E-state index contributed by atoms with van der Waals surface area (Å²) in [4.78, 5) is 1.13. The molecule has 0 radical (unpaired) electrons. The minimum atomic E-state index is 0.549. The molecule has 2 aromatic rings. The van der Waals surface area contributed by atoms with Crippen LogP contribution in [0.2, 0.25) is 4.34 Å². The van der Waals surface area contributed by atoms with Crippen LogP contribution in [-0.2, 0) is 17.9 Å². The molecule has 0 amide bonds. The molecule has 0 saturated heterocycles. The summed E-state index contributed by atoms with van der Waals surface area (Å²) in [5.41, 5.74) is 2.30. The summed E-state index contributed by atoms with van der Waals surface area (Å²) < 4.78 is 11.8. The van der Waals surface area contributed by atoms with Crippen LogP contribution in [-0.4, -0.2) is 20.3 Å². The van der Waals surface area contributed by atoms with Crippen LogP contribution in [0.3, 0.4) is 0 Å². The van der Waals surface area contributed by atoms with Crippen molar-refractivity contribution in [1.29, 1.82) is 0 Å². The number of rotatable bonds is 8. The summed E-state index contributed by atoms with van der Waals surface area (Å²) in [6.07, 6.45) is 0. The number of benzene rings is 1. The lowest BCUT2D eigenvalue weighted by molar-refractivity contribution is 0.199. The van der Waals surface area contributed by atoms with Gasteiger partial charge in [0.1, 0.15) is 12.4 Å². The molecule has 0 saturated carbocycles. The number of aryl methyl sites for hydroxylation is 1. The van der Waals surface area contributed by atoms with E-state index in [2.05, 4.69) is 30.4 Å². The minimum absolute atomic E-state index is 0.549. The van der Waals surface area contributed by atoms with Crippen LogP contribution in [0.15, 0.2) is 30.3 Å². The van der Waals surface area contributed by atoms with E-state index in [0.717, 1.165) is 39.2 Å². The zero-order valence-corrected chi connectivity index (χ0v) is 13.9. The van der Waals surface area contributed by atoms with Crippen molar-refractivity contribution in [1.82, 2.24) is 5.32 Å². The summed E-state index contributed by atoms with van der Waals surface area (Å²) in [7, 11) is 1.70. The number of ether oxygens (including phenoxy) is 2. The fraction of sp³-hybridized carbons (Fsp3) is 0.375. The van der Waals surface area contributed by atoms with Crippen molar-refractivity contribution >= 4 is 22.9 Å². The number of nitrogens with one attached hydrogen (secondary N) is 1. The quantitative estimate of drug-likeness (QED) is 0.743. The maximum absolute atomic E-state index is 6.00. The molecule has 2 rings (SSSR count). The van der Waals surface area contributed by atoms with Crippen molar-refractivity contribution in [2.75, 3.05) is 20.3 Å². The van der Waals surface area contributed by atoms with Crippen molar-refractivity contribution in [2.45, 2.75) is 20.1 Å². The fourth-order valence-electron chi connectivity index (χ4n) is 2.03. The van der Waals surface area contributed by atoms with Gasteiger partial charge < -0.3 is 14.8 Å². The third kappa shape index (κ3) is 5.00. The van der Waals surface area contributed by atoms with Crippen LogP contribution in [0.4, 0.5) is 0 Å². The van der Waals surface area contributed by atoms with Gasteiger partial charge in [-0.2, -0.15) is 0 Å². The first-order chi connectivity index (χ1) is 10.2. The number of methoxy groups -OCH3 is 1. The van der Waals surface area contributed by atoms with Gasteiger partial charge in [-0.1, -0.05) is 29.8 Å². The van der Waals surface area contributed by atoms with Crippen LogP contribution in [0.25, 0.3) is 0 Å². The second-order valence-electron chi connectivity index (χ2n) is 4.73. The minimum Gasteiger partial charge on any atom is -0.487 e. The summed E-state index contributed by atoms with van der Waals surface area (Å²) >= 11 is 7.50. The van der Waals surface area contributed by atoms with Gasteiger partial charge in [0.25, 0.3) is 0 Å². The molecule has 5 heteroatoms. The smallest absolute Gasteiger partial charge is 0.127 e. The van der Waals surface area contributed by atoms with E-state index in [9.17, 15) is 0 Å².